The molecule has 0 amide bonds. The molecule has 1 aliphatic rings. The third kappa shape index (κ3) is 2.15. The summed E-state index contributed by atoms with van der Waals surface area (Å²) in [6.07, 6.45) is 1.09. The predicted octanol–water partition coefficient (Wildman–Crippen LogP) is 0.831. The number of nitrogens with one attached hydrogen (secondary N) is 1. The summed E-state index contributed by atoms with van der Waals surface area (Å²) in [5.74, 6) is 0. The van der Waals surface area contributed by atoms with E-state index in [4.69, 9.17) is 10.3 Å². The van der Waals surface area contributed by atoms with Crippen LogP contribution in [0.5, 0.6) is 0 Å². The molecule has 0 spiro atoms. The quantitative estimate of drug-likeness (QED) is 0.477. The van der Waals surface area contributed by atoms with Crippen LogP contribution in [0.25, 0.3) is 10.4 Å². The summed E-state index contributed by atoms with van der Waals surface area (Å²) in [4.78, 5) is 27.9. The lowest BCUT2D eigenvalue weighted by atomic mass is 10.1. The second-order valence-electron chi connectivity index (χ2n) is 4.28. The highest BCUT2D eigenvalue weighted by atomic mass is 16.5. The molecule has 8 heteroatoms. The van der Waals surface area contributed by atoms with Crippen LogP contribution in [0.4, 0.5) is 0 Å². The van der Waals surface area contributed by atoms with Gasteiger partial charge >= 0.3 is 5.69 Å². The number of nitrogens with zero attached hydrogens (tertiary/aromatic N) is 4. The molecule has 0 bridgehead atoms. The summed E-state index contributed by atoms with van der Waals surface area (Å²) in [5, 5.41) is 3.62. The van der Waals surface area contributed by atoms with Crippen molar-refractivity contribution in [2.75, 3.05) is 0 Å². The van der Waals surface area contributed by atoms with E-state index in [0.29, 0.717) is 12.0 Å². The van der Waals surface area contributed by atoms with Gasteiger partial charge in [-0.2, -0.15) is 0 Å². The first-order valence-electron chi connectivity index (χ1n) is 5.54. The smallest absolute Gasteiger partial charge is 0.330 e. The Morgan fingerprint density at radius 3 is 3.00 bits per heavy atom. The highest BCUT2D eigenvalue weighted by Gasteiger charge is 2.33. The second kappa shape index (κ2) is 4.67. The zero-order chi connectivity index (χ0) is 13.3. The Balaban J connectivity index is 2.35. The zero-order valence-corrected chi connectivity index (χ0v) is 10.0. The van der Waals surface area contributed by atoms with Crippen LogP contribution in [-0.2, 0) is 4.74 Å². The molecule has 96 valence electrons. The van der Waals surface area contributed by atoms with Crippen molar-refractivity contribution in [3.8, 4) is 0 Å². The molecule has 18 heavy (non-hydrogen) atoms. The van der Waals surface area contributed by atoms with E-state index >= 15 is 0 Å². The van der Waals surface area contributed by atoms with Crippen molar-refractivity contribution in [3.63, 3.8) is 0 Å². The van der Waals surface area contributed by atoms with Crippen molar-refractivity contribution in [2.24, 2.45) is 5.11 Å². The normalized spacial score (nSPS) is 26.9. The van der Waals surface area contributed by atoms with Gasteiger partial charge in [-0.15, -0.1) is 0 Å². The molecule has 0 radical (unpaired) electrons. The van der Waals surface area contributed by atoms with Crippen molar-refractivity contribution < 1.29 is 4.74 Å². The van der Waals surface area contributed by atoms with E-state index in [9.17, 15) is 9.59 Å². The Bertz CT molecular complexity index is 613. The highest BCUT2D eigenvalue weighted by molar-refractivity contribution is 5.02. The standard InChI is InChI=1S/C10H13N5O3/c1-5-4-15(10(17)12-9(5)16)8-3-7(13-14-11)6(2)18-8/h4,6-8H,3H2,1-2H3,(H,12,16,17). The first-order valence-corrected chi connectivity index (χ1v) is 5.54. The number of aromatic nitrogens is 2. The van der Waals surface area contributed by atoms with Crippen molar-refractivity contribution in [3.05, 3.63) is 43.0 Å². The van der Waals surface area contributed by atoms with Gasteiger partial charge in [-0.05, 0) is 19.4 Å². The number of aryl methyl sites for hydroxylation is 1. The number of azide groups is 1. The van der Waals surface area contributed by atoms with Crippen LogP contribution in [0.3, 0.4) is 0 Å². The lowest BCUT2D eigenvalue weighted by molar-refractivity contribution is 0.00601. The van der Waals surface area contributed by atoms with Crippen molar-refractivity contribution >= 4 is 0 Å². The Morgan fingerprint density at radius 1 is 1.61 bits per heavy atom. The fourth-order valence-corrected chi connectivity index (χ4v) is 1.98. The van der Waals surface area contributed by atoms with E-state index in [1.807, 2.05) is 0 Å². The molecular formula is C10H13N5O3. The molecule has 0 saturated carbocycles. The van der Waals surface area contributed by atoms with Gasteiger partial charge < -0.3 is 4.74 Å². The predicted molar refractivity (Wildman–Crippen MR) is 63.2 cm³/mol. The number of H-pyrrole nitrogens is 1. The SMILES string of the molecule is Cc1cn(C2CC(N=[N+]=[N-])C(C)O2)c(=O)[nH]c1=O. The Morgan fingerprint density at radius 2 is 2.33 bits per heavy atom. The molecule has 3 unspecified atom stereocenters. The summed E-state index contributed by atoms with van der Waals surface area (Å²) in [6.45, 7) is 3.39. The van der Waals surface area contributed by atoms with E-state index in [1.54, 1.807) is 13.8 Å². The van der Waals surface area contributed by atoms with E-state index in [1.165, 1.54) is 10.8 Å². The molecule has 1 fully saturated rings. The molecule has 1 N–H and O–H groups in total. The molecule has 3 atom stereocenters. The first kappa shape index (κ1) is 12.4. The van der Waals surface area contributed by atoms with Crippen LogP contribution in [-0.4, -0.2) is 21.7 Å². The molecule has 8 nitrogen and oxygen atoms in total. The number of hydrogen-bond acceptors (Lipinski definition) is 4. The van der Waals surface area contributed by atoms with Crippen LogP contribution in [0.2, 0.25) is 0 Å². The second-order valence-corrected chi connectivity index (χ2v) is 4.28. The van der Waals surface area contributed by atoms with Crippen LogP contribution in [0.15, 0.2) is 20.9 Å². The number of hydrogen-bond donors (Lipinski definition) is 1. The van der Waals surface area contributed by atoms with Crippen LogP contribution < -0.4 is 11.2 Å². The summed E-state index contributed by atoms with van der Waals surface area (Å²) in [7, 11) is 0. The molecule has 0 aliphatic carbocycles. The monoisotopic (exact) mass is 251 g/mol. The van der Waals surface area contributed by atoms with Crippen LogP contribution in [0, 0.1) is 6.92 Å². The molecule has 2 rings (SSSR count). The molecule has 0 aromatic carbocycles. The van der Waals surface area contributed by atoms with Gasteiger partial charge in [0.25, 0.3) is 5.56 Å². The van der Waals surface area contributed by atoms with Crippen LogP contribution in [0.1, 0.15) is 25.1 Å². The lowest BCUT2D eigenvalue weighted by Crippen LogP contribution is -2.33. The van der Waals surface area contributed by atoms with Crippen LogP contribution >= 0.6 is 0 Å². The van der Waals surface area contributed by atoms with E-state index < -0.39 is 17.5 Å². The summed E-state index contributed by atoms with van der Waals surface area (Å²) < 4.78 is 6.88. The Labute approximate surface area is 102 Å². The third-order valence-electron chi connectivity index (χ3n) is 3.01. The minimum Gasteiger partial charge on any atom is -0.354 e. The van der Waals surface area contributed by atoms with Gasteiger partial charge in [0.1, 0.15) is 6.23 Å². The van der Waals surface area contributed by atoms with Gasteiger partial charge in [-0.3, -0.25) is 14.3 Å². The number of ether oxygens (including phenoxy) is 1. The fraction of sp³-hybridized carbons (Fsp3) is 0.600. The average molecular weight is 251 g/mol. The third-order valence-corrected chi connectivity index (χ3v) is 3.01. The fourth-order valence-electron chi connectivity index (χ4n) is 1.98. The minimum atomic E-state index is -0.524. The van der Waals surface area contributed by atoms with Crippen molar-refractivity contribution in [1.82, 2.24) is 9.55 Å². The van der Waals surface area contributed by atoms with Gasteiger partial charge in [0.05, 0.1) is 12.1 Å². The van der Waals surface area contributed by atoms with Gasteiger partial charge in [0.2, 0.25) is 0 Å². The zero-order valence-electron chi connectivity index (χ0n) is 10.0. The first-order chi connectivity index (χ1) is 8.52. The summed E-state index contributed by atoms with van der Waals surface area (Å²) in [5.41, 5.74) is 7.92. The van der Waals surface area contributed by atoms with Crippen molar-refractivity contribution in [1.29, 1.82) is 0 Å². The van der Waals surface area contributed by atoms with Gasteiger partial charge in [-0.25, -0.2) is 4.79 Å². The summed E-state index contributed by atoms with van der Waals surface area (Å²) >= 11 is 0. The summed E-state index contributed by atoms with van der Waals surface area (Å²) in [6, 6.07) is -0.306. The molecule has 1 aliphatic heterocycles. The average Bonchev–Trinajstić information content (AvgIpc) is 2.66. The maximum absolute atomic E-state index is 11.7. The molecule has 1 saturated heterocycles. The largest absolute Gasteiger partial charge is 0.354 e. The molecule has 1 aromatic heterocycles. The van der Waals surface area contributed by atoms with E-state index in [2.05, 4.69) is 15.0 Å². The van der Waals surface area contributed by atoms with Gasteiger partial charge in [0.15, 0.2) is 0 Å². The number of rotatable bonds is 2. The lowest BCUT2D eigenvalue weighted by Gasteiger charge is -2.13. The van der Waals surface area contributed by atoms with Crippen molar-refractivity contribution in [2.45, 2.75) is 38.6 Å². The molecule has 2 heterocycles. The maximum Gasteiger partial charge on any atom is 0.330 e. The molecule has 1 aromatic rings. The van der Waals surface area contributed by atoms with Gasteiger partial charge in [-0.1, -0.05) is 5.11 Å². The van der Waals surface area contributed by atoms with E-state index in [0.717, 1.165) is 0 Å². The molecular weight excluding hydrogens is 238 g/mol. The highest BCUT2D eigenvalue weighted by Crippen LogP contribution is 2.29. The topological polar surface area (TPSA) is 113 Å². The van der Waals surface area contributed by atoms with E-state index in [-0.39, 0.29) is 12.1 Å². The Hall–Kier alpha value is -2.05. The number of aromatic amines is 1. The minimum absolute atomic E-state index is 0.259. The van der Waals surface area contributed by atoms with Gasteiger partial charge in [0, 0.05) is 23.1 Å². The maximum atomic E-state index is 11.7. The Kier molecular flexibility index (Phi) is 3.22.